The monoisotopic (exact) mass is 363 g/mol. The number of aromatic amines is 1. The molecule has 1 saturated carbocycles. The Bertz CT molecular complexity index is 789. The lowest BCUT2D eigenvalue weighted by molar-refractivity contribution is 0.240. The molecule has 2 N–H and O–H groups in total. The van der Waals surface area contributed by atoms with Crippen molar-refractivity contribution in [3.05, 3.63) is 26.7 Å². The molecule has 1 aliphatic carbocycles. The number of nitrogens with zero attached hydrogens (tertiary/aromatic N) is 3. The zero-order valence-corrected chi connectivity index (χ0v) is 14.0. The summed E-state index contributed by atoms with van der Waals surface area (Å²) in [7, 11) is 0. The number of halogens is 1. The maximum absolute atomic E-state index is 13.0. The van der Waals surface area contributed by atoms with Gasteiger partial charge in [-0.15, -0.1) is 0 Å². The molecule has 2 aliphatic rings. The van der Waals surface area contributed by atoms with Gasteiger partial charge >= 0.3 is 0 Å². The lowest BCUT2D eigenvalue weighted by atomic mass is 9.83. The number of hydrogen-bond donors (Lipinski definition) is 2. The number of fused-ring (bicyclic) bond motifs is 2. The van der Waals surface area contributed by atoms with Crippen LogP contribution in [0.15, 0.2) is 15.6 Å². The van der Waals surface area contributed by atoms with Gasteiger partial charge in [0, 0.05) is 30.9 Å². The van der Waals surface area contributed by atoms with Crippen molar-refractivity contribution in [2.24, 2.45) is 0 Å². The van der Waals surface area contributed by atoms with Crippen molar-refractivity contribution in [3.63, 3.8) is 0 Å². The summed E-state index contributed by atoms with van der Waals surface area (Å²) in [5.74, 6) is 0. The van der Waals surface area contributed by atoms with Gasteiger partial charge in [0.2, 0.25) is 5.43 Å². The second-order valence-electron chi connectivity index (χ2n) is 5.92. The second-order valence-corrected chi connectivity index (χ2v) is 6.74. The number of piperazine rings is 1. The van der Waals surface area contributed by atoms with Gasteiger partial charge in [-0.3, -0.25) is 4.79 Å². The fourth-order valence-corrected chi connectivity index (χ4v) is 3.82. The summed E-state index contributed by atoms with van der Waals surface area (Å²) in [5.41, 5.74) is 2.72. The first-order valence-electron chi connectivity index (χ1n) is 7.76. The topological polar surface area (TPSA) is 73.9 Å². The smallest absolute Gasteiger partial charge is 0.233 e. The Hall–Kier alpha value is -1.47. The van der Waals surface area contributed by atoms with E-state index < -0.39 is 0 Å². The molecule has 1 aliphatic heterocycles. The minimum absolute atomic E-state index is 0.00745. The van der Waals surface area contributed by atoms with Gasteiger partial charge in [0.15, 0.2) is 11.2 Å². The molecular formula is C15H18BrN5O. The zero-order valence-electron chi connectivity index (χ0n) is 12.4. The highest BCUT2D eigenvalue weighted by Gasteiger charge is 2.39. The van der Waals surface area contributed by atoms with Gasteiger partial charge in [-0.1, -0.05) is 6.92 Å². The highest BCUT2D eigenvalue weighted by atomic mass is 79.9. The van der Waals surface area contributed by atoms with Crippen LogP contribution in [0.25, 0.3) is 11.2 Å². The molecule has 22 heavy (non-hydrogen) atoms. The first-order chi connectivity index (χ1) is 10.7. The van der Waals surface area contributed by atoms with Crippen LogP contribution in [-0.2, 0) is 6.42 Å². The summed E-state index contributed by atoms with van der Waals surface area (Å²) in [6.45, 7) is 3.85. The van der Waals surface area contributed by atoms with Gasteiger partial charge < -0.3 is 15.2 Å². The summed E-state index contributed by atoms with van der Waals surface area (Å²) in [6.07, 6.45) is 4.73. The summed E-state index contributed by atoms with van der Waals surface area (Å²) in [4.78, 5) is 27.3. The molecule has 0 unspecified atom stereocenters. The number of H-pyrrole nitrogens is 1. The highest BCUT2D eigenvalue weighted by Crippen LogP contribution is 2.32. The van der Waals surface area contributed by atoms with Gasteiger partial charge in [0.05, 0.1) is 6.20 Å². The predicted molar refractivity (Wildman–Crippen MR) is 89.4 cm³/mol. The van der Waals surface area contributed by atoms with Crippen molar-refractivity contribution in [2.75, 3.05) is 18.0 Å². The molecule has 0 amide bonds. The van der Waals surface area contributed by atoms with Crippen LogP contribution in [0.2, 0.25) is 0 Å². The second kappa shape index (κ2) is 5.31. The van der Waals surface area contributed by atoms with Gasteiger partial charge in [0.25, 0.3) is 0 Å². The van der Waals surface area contributed by atoms with Crippen molar-refractivity contribution < 1.29 is 0 Å². The van der Waals surface area contributed by atoms with E-state index in [9.17, 15) is 4.79 Å². The molecule has 0 spiro atoms. The number of hydrogen-bond acceptors (Lipinski definition) is 5. The Morgan fingerprint density at radius 3 is 3.05 bits per heavy atom. The molecule has 6 nitrogen and oxygen atoms in total. The van der Waals surface area contributed by atoms with Crippen LogP contribution >= 0.6 is 15.9 Å². The predicted octanol–water partition coefficient (Wildman–Crippen LogP) is 1.58. The number of rotatable bonds is 2. The van der Waals surface area contributed by atoms with E-state index >= 15 is 0 Å². The molecule has 2 fully saturated rings. The lowest BCUT2D eigenvalue weighted by Crippen LogP contribution is -2.64. The average Bonchev–Trinajstić information content (AvgIpc) is 2.49. The van der Waals surface area contributed by atoms with E-state index in [4.69, 9.17) is 0 Å². The molecule has 4 rings (SSSR count). The molecule has 0 radical (unpaired) electrons. The maximum atomic E-state index is 13.0. The fourth-order valence-electron chi connectivity index (χ4n) is 3.54. The van der Waals surface area contributed by atoms with Crippen LogP contribution in [0, 0.1) is 0 Å². The van der Waals surface area contributed by atoms with Crippen molar-refractivity contribution >= 4 is 32.8 Å². The largest absolute Gasteiger partial charge is 0.361 e. The molecule has 7 heteroatoms. The van der Waals surface area contributed by atoms with Crippen LogP contribution in [0.3, 0.4) is 0 Å². The summed E-state index contributed by atoms with van der Waals surface area (Å²) < 4.78 is 0.586. The third-order valence-corrected chi connectivity index (χ3v) is 5.15. The van der Waals surface area contributed by atoms with Gasteiger partial charge in [-0.05, 0) is 35.2 Å². The first kappa shape index (κ1) is 14.1. The van der Waals surface area contributed by atoms with Crippen molar-refractivity contribution in [1.29, 1.82) is 0 Å². The minimum Gasteiger partial charge on any atom is -0.361 e. The van der Waals surface area contributed by atoms with Gasteiger partial charge in [-0.25, -0.2) is 9.97 Å². The number of anilines is 1. The third kappa shape index (κ3) is 2.06. The Balaban J connectivity index is 1.91. The standard InChI is InChI=1S/C15H18BrN5O/c1-2-8-13(21-6-5-17-9-3-4-10(9)21)14(22)12-15(19-8)18-7-11(16)20-12/h7,9-10,17H,2-6H2,1H3,(H,18,19,22)/t9-,10-/m1/s1. The SMILES string of the molecule is CCc1[nH]c2ncc(Br)nc2c(=O)c1N1CCN[C@@H]2CC[C@H]21. The Labute approximate surface area is 136 Å². The van der Waals surface area contributed by atoms with Crippen LogP contribution in [0.4, 0.5) is 5.69 Å². The van der Waals surface area contributed by atoms with Crippen LogP contribution in [0.1, 0.15) is 25.5 Å². The Morgan fingerprint density at radius 1 is 1.45 bits per heavy atom. The third-order valence-electron chi connectivity index (χ3n) is 4.77. The molecular weight excluding hydrogens is 346 g/mol. The first-order valence-corrected chi connectivity index (χ1v) is 8.55. The van der Waals surface area contributed by atoms with E-state index in [2.05, 4.69) is 48.0 Å². The van der Waals surface area contributed by atoms with Crippen molar-refractivity contribution in [3.8, 4) is 0 Å². The van der Waals surface area contributed by atoms with E-state index in [-0.39, 0.29) is 5.43 Å². The number of pyridine rings is 1. The quantitative estimate of drug-likeness (QED) is 0.847. The van der Waals surface area contributed by atoms with Crippen LogP contribution in [0.5, 0.6) is 0 Å². The molecule has 0 bridgehead atoms. The summed E-state index contributed by atoms with van der Waals surface area (Å²) >= 11 is 3.31. The normalized spacial score (nSPS) is 24.2. The van der Waals surface area contributed by atoms with Crippen LogP contribution in [-0.4, -0.2) is 40.1 Å². The zero-order chi connectivity index (χ0) is 15.3. The maximum Gasteiger partial charge on any atom is 0.233 e. The number of nitrogens with one attached hydrogen (secondary N) is 2. The number of aryl methyl sites for hydroxylation is 1. The van der Waals surface area contributed by atoms with Gasteiger partial charge in [-0.2, -0.15) is 0 Å². The van der Waals surface area contributed by atoms with E-state index in [0.717, 1.165) is 37.3 Å². The van der Waals surface area contributed by atoms with Crippen molar-refractivity contribution in [1.82, 2.24) is 20.3 Å². The summed E-state index contributed by atoms with van der Waals surface area (Å²) in [5, 5.41) is 3.53. The van der Waals surface area contributed by atoms with E-state index in [1.165, 1.54) is 6.42 Å². The van der Waals surface area contributed by atoms with Crippen molar-refractivity contribution in [2.45, 2.75) is 38.3 Å². The molecule has 3 heterocycles. The Kier molecular flexibility index (Phi) is 3.41. The molecule has 1 saturated heterocycles. The lowest BCUT2D eigenvalue weighted by Gasteiger charge is -2.50. The van der Waals surface area contributed by atoms with Crippen LogP contribution < -0.4 is 15.6 Å². The summed E-state index contributed by atoms with van der Waals surface area (Å²) in [6, 6.07) is 0.944. The molecule has 116 valence electrons. The van der Waals surface area contributed by atoms with E-state index in [0.29, 0.717) is 27.9 Å². The minimum atomic E-state index is -0.00745. The van der Waals surface area contributed by atoms with Gasteiger partial charge in [0.1, 0.15) is 10.3 Å². The van der Waals surface area contributed by atoms with E-state index in [1.807, 2.05) is 0 Å². The fraction of sp³-hybridized carbons (Fsp3) is 0.533. The highest BCUT2D eigenvalue weighted by molar-refractivity contribution is 9.10. The number of aromatic nitrogens is 3. The molecule has 2 aromatic heterocycles. The average molecular weight is 364 g/mol. The Morgan fingerprint density at radius 2 is 2.32 bits per heavy atom. The molecule has 2 aromatic rings. The molecule has 0 aromatic carbocycles. The van der Waals surface area contributed by atoms with E-state index in [1.54, 1.807) is 6.20 Å². The molecule has 2 atom stereocenters.